The van der Waals surface area contributed by atoms with E-state index in [4.69, 9.17) is 10.2 Å². The summed E-state index contributed by atoms with van der Waals surface area (Å²) in [6, 6.07) is 5.29. The second-order valence-electron chi connectivity index (χ2n) is 4.53. The first-order valence-electron chi connectivity index (χ1n) is 6.29. The van der Waals surface area contributed by atoms with Crippen LogP contribution in [0, 0.1) is 0 Å². The monoisotopic (exact) mass is 318 g/mol. The molecule has 1 aromatic carbocycles. The average molecular weight is 318 g/mol. The van der Waals surface area contributed by atoms with E-state index >= 15 is 0 Å². The number of aromatic hydroxyl groups is 1. The normalized spacial score (nSPS) is 18.1. The van der Waals surface area contributed by atoms with E-state index in [0.717, 1.165) is 0 Å². The van der Waals surface area contributed by atoms with Gasteiger partial charge >= 0.3 is 5.97 Å². The van der Waals surface area contributed by atoms with Gasteiger partial charge in [0, 0.05) is 0 Å². The highest BCUT2D eigenvalue weighted by atomic mass is 16.6. The van der Waals surface area contributed by atoms with Crippen molar-refractivity contribution in [1.82, 2.24) is 0 Å². The van der Waals surface area contributed by atoms with Crippen LogP contribution in [0.25, 0.3) is 0 Å². The lowest BCUT2D eigenvalue weighted by atomic mass is 10.0. The third-order valence-electron chi connectivity index (χ3n) is 2.93. The summed E-state index contributed by atoms with van der Waals surface area (Å²) in [4.78, 5) is 11.7. The summed E-state index contributed by atoms with van der Waals surface area (Å²) in [5, 5.41) is 65.2. The molecule has 1 unspecified atom stereocenters. The molecule has 0 fully saturated rings. The first-order valence-corrected chi connectivity index (χ1v) is 6.29. The number of hydrogen-bond donors (Lipinski definition) is 7. The molecule has 9 heteroatoms. The van der Waals surface area contributed by atoms with Crippen molar-refractivity contribution in [2.75, 3.05) is 6.61 Å². The Labute approximate surface area is 125 Å². The summed E-state index contributed by atoms with van der Waals surface area (Å²) >= 11 is 0. The molecule has 0 spiro atoms. The SMILES string of the molecule is O=C(OC(O)[C@H](O)[C@H](O)[C@H](O)[C@@H](O)CO)c1ccccc1O. The Morgan fingerprint density at radius 3 is 2.14 bits per heavy atom. The van der Waals surface area contributed by atoms with E-state index in [1.807, 2.05) is 0 Å². The smallest absolute Gasteiger partial charge is 0.344 e. The van der Waals surface area contributed by atoms with Crippen molar-refractivity contribution in [2.45, 2.75) is 30.7 Å². The van der Waals surface area contributed by atoms with Crippen molar-refractivity contribution < 1.29 is 45.3 Å². The molecule has 7 N–H and O–H groups in total. The van der Waals surface area contributed by atoms with Gasteiger partial charge in [0.1, 0.15) is 35.7 Å². The summed E-state index contributed by atoms with van der Waals surface area (Å²) in [5.41, 5.74) is -0.279. The number of phenols is 1. The highest BCUT2D eigenvalue weighted by Gasteiger charge is 2.36. The van der Waals surface area contributed by atoms with Crippen LogP contribution in [0.15, 0.2) is 24.3 Å². The largest absolute Gasteiger partial charge is 0.507 e. The van der Waals surface area contributed by atoms with Gasteiger partial charge in [-0.1, -0.05) is 12.1 Å². The summed E-state index contributed by atoms with van der Waals surface area (Å²) in [6.07, 6.45) is -10.2. The summed E-state index contributed by atoms with van der Waals surface area (Å²) < 4.78 is 4.46. The van der Waals surface area contributed by atoms with Gasteiger partial charge in [-0.25, -0.2) is 4.79 Å². The fourth-order valence-corrected chi connectivity index (χ4v) is 1.60. The molecule has 9 nitrogen and oxygen atoms in total. The molecular weight excluding hydrogens is 300 g/mol. The highest BCUT2D eigenvalue weighted by Crippen LogP contribution is 2.18. The number of phenolic OH excluding ortho intramolecular Hbond substituents is 1. The molecule has 124 valence electrons. The van der Waals surface area contributed by atoms with Gasteiger partial charge in [-0.2, -0.15) is 0 Å². The molecule has 22 heavy (non-hydrogen) atoms. The van der Waals surface area contributed by atoms with E-state index in [2.05, 4.69) is 4.74 Å². The van der Waals surface area contributed by atoms with Crippen LogP contribution in [-0.2, 0) is 4.74 Å². The van der Waals surface area contributed by atoms with E-state index in [1.165, 1.54) is 24.3 Å². The molecule has 0 aromatic heterocycles. The number of carbonyl (C=O) groups is 1. The van der Waals surface area contributed by atoms with Crippen molar-refractivity contribution in [3.63, 3.8) is 0 Å². The third kappa shape index (κ3) is 4.37. The molecule has 0 aliphatic carbocycles. The number of para-hydroxylation sites is 1. The zero-order valence-corrected chi connectivity index (χ0v) is 11.4. The number of benzene rings is 1. The molecule has 0 bridgehead atoms. The van der Waals surface area contributed by atoms with E-state index in [1.54, 1.807) is 0 Å². The Morgan fingerprint density at radius 1 is 1.00 bits per heavy atom. The molecule has 0 aliphatic rings. The van der Waals surface area contributed by atoms with E-state index < -0.39 is 49.0 Å². The van der Waals surface area contributed by atoms with Crippen molar-refractivity contribution >= 4 is 5.97 Å². The molecule has 0 saturated heterocycles. The average Bonchev–Trinajstić information content (AvgIpc) is 2.51. The second kappa shape index (κ2) is 8.03. The van der Waals surface area contributed by atoms with Gasteiger partial charge < -0.3 is 40.5 Å². The molecule has 0 aliphatic heterocycles. The van der Waals surface area contributed by atoms with Gasteiger partial charge in [0.2, 0.25) is 6.29 Å². The number of ether oxygens (including phenoxy) is 1. The first-order chi connectivity index (χ1) is 10.3. The van der Waals surface area contributed by atoms with Crippen LogP contribution in [0.5, 0.6) is 5.75 Å². The third-order valence-corrected chi connectivity index (χ3v) is 2.93. The Balaban J connectivity index is 2.70. The number of esters is 1. The Bertz CT molecular complexity index is 492. The topological polar surface area (TPSA) is 168 Å². The Kier molecular flexibility index (Phi) is 6.68. The standard InChI is InChI=1S/C13H18O9/c14-5-8(16)9(17)10(18)11(19)13(21)22-12(20)6-3-1-2-4-7(6)15/h1-4,8-11,13-19,21H,5H2/t8-,9+,10+,11+,13?/m0/s1. The number of carbonyl (C=O) groups excluding carboxylic acids is 1. The quantitative estimate of drug-likeness (QED) is 0.209. The van der Waals surface area contributed by atoms with Crippen LogP contribution in [0.4, 0.5) is 0 Å². The maximum Gasteiger partial charge on any atom is 0.344 e. The first kappa shape index (κ1) is 18.3. The summed E-state index contributed by atoms with van der Waals surface area (Å²) in [7, 11) is 0. The van der Waals surface area contributed by atoms with E-state index in [-0.39, 0.29) is 5.56 Å². The lowest BCUT2D eigenvalue weighted by Crippen LogP contribution is -2.50. The zero-order valence-electron chi connectivity index (χ0n) is 11.4. The highest BCUT2D eigenvalue weighted by molar-refractivity contribution is 5.92. The fraction of sp³-hybridized carbons (Fsp3) is 0.462. The summed E-state index contributed by atoms with van der Waals surface area (Å²) in [6.45, 7) is -0.890. The Morgan fingerprint density at radius 2 is 1.59 bits per heavy atom. The number of hydrogen-bond acceptors (Lipinski definition) is 9. The van der Waals surface area contributed by atoms with Gasteiger partial charge in [-0.3, -0.25) is 0 Å². The second-order valence-corrected chi connectivity index (χ2v) is 4.53. The maximum absolute atomic E-state index is 11.7. The van der Waals surface area contributed by atoms with Crippen LogP contribution in [0.2, 0.25) is 0 Å². The minimum Gasteiger partial charge on any atom is -0.507 e. The maximum atomic E-state index is 11.7. The lowest BCUT2D eigenvalue weighted by molar-refractivity contribution is -0.191. The van der Waals surface area contributed by atoms with Crippen molar-refractivity contribution in [3.05, 3.63) is 29.8 Å². The van der Waals surface area contributed by atoms with Crippen molar-refractivity contribution in [3.8, 4) is 5.75 Å². The van der Waals surface area contributed by atoms with Crippen LogP contribution in [-0.4, -0.2) is 79.0 Å². The summed E-state index contributed by atoms with van der Waals surface area (Å²) in [5.74, 6) is -1.58. The number of aliphatic hydroxyl groups is 6. The predicted molar refractivity (Wildman–Crippen MR) is 70.6 cm³/mol. The molecule has 5 atom stereocenters. The molecule has 1 rings (SSSR count). The van der Waals surface area contributed by atoms with Crippen LogP contribution < -0.4 is 0 Å². The molecular formula is C13H18O9. The van der Waals surface area contributed by atoms with Crippen LogP contribution in [0.3, 0.4) is 0 Å². The number of aliphatic hydroxyl groups excluding tert-OH is 6. The van der Waals surface area contributed by atoms with Crippen LogP contribution in [0.1, 0.15) is 10.4 Å². The van der Waals surface area contributed by atoms with Crippen molar-refractivity contribution in [2.24, 2.45) is 0 Å². The van der Waals surface area contributed by atoms with Crippen molar-refractivity contribution in [1.29, 1.82) is 0 Å². The van der Waals surface area contributed by atoms with Gasteiger partial charge in [0.05, 0.1) is 6.61 Å². The van der Waals surface area contributed by atoms with Crippen LogP contribution >= 0.6 is 0 Å². The fourth-order valence-electron chi connectivity index (χ4n) is 1.60. The minimum absolute atomic E-state index is 0.279. The van der Waals surface area contributed by atoms with E-state index in [0.29, 0.717) is 0 Å². The van der Waals surface area contributed by atoms with Gasteiger partial charge in [-0.05, 0) is 12.1 Å². The lowest BCUT2D eigenvalue weighted by Gasteiger charge is -2.28. The van der Waals surface area contributed by atoms with Gasteiger partial charge in [-0.15, -0.1) is 0 Å². The zero-order chi connectivity index (χ0) is 16.9. The Hall–Kier alpha value is -1.75. The number of rotatable bonds is 7. The minimum atomic E-state index is -2.23. The molecule has 0 saturated carbocycles. The van der Waals surface area contributed by atoms with Gasteiger partial charge in [0.25, 0.3) is 0 Å². The molecule has 0 amide bonds. The van der Waals surface area contributed by atoms with Gasteiger partial charge in [0.15, 0.2) is 0 Å². The van der Waals surface area contributed by atoms with E-state index in [9.17, 15) is 30.3 Å². The molecule has 0 radical (unpaired) electrons. The predicted octanol–water partition coefficient (Wildman–Crippen LogP) is -2.70. The molecule has 1 aromatic rings. The molecule has 0 heterocycles.